The molecule has 0 N–H and O–H groups in total. The quantitative estimate of drug-likeness (QED) is 0.831. The molecule has 0 bridgehead atoms. The molecule has 0 saturated heterocycles. The van der Waals surface area contributed by atoms with Gasteiger partial charge >= 0.3 is 0 Å². The van der Waals surface area contributed by atoms with Crippen molar-refractivity contribution in [3.8, 4) is 12.1 Å². The third kappa shape index (κ3) is 2.52. The normalized spacial score (nSPS) is 10.5. The number of hydrogen-bond acceptors (Lipinski definition) is 5. The highest BCUT2D eigenvalue weighted by Crippen LogP contribution is 2.12. The average molecular weight is 269 g/mol. The van der Waals surface area contributed by atoms with E-state index in [9.17, 15) is 5.26 Å². The molecular formula is C13H15N7. The number of nitriles is 2. The first kappa shape index (κ1) is 13.8. The predicted octanol–water partition coefficient (Wildman–Crippen LogP) is 1.23. The average Bonchev–Trinajstić information content (AvgIpc) is 2.95. The van der Waals surface area contributed by atoms with Crippen LogP contribution in [-0.4, -0.2) is 24.3 Å². The Hall–Kier alpha value is -2.67. The first-order valence-electron chi connectivity index (χ1n) is 6.30. The van der Waals surface area contributed by atoms with E-state index in [2.05, 4.69) is 28.9 Å². The van der Waals surface area contributed by atoms with Gasteiger partial charge in [-0.25, -0.2) is 14.6 Å². The fraction of sp³-hybridized carbons (Fsp3) is 0.462. The van der Waals surface area contributed by atoms with Gasteiger partial charge in [-0.15, -0.1) is 0 Å². The molecule has 0 aliphatic rings. The highest BCUT2D eigenvalue weighted by atomic mass is 15.3. The van der Waals surface area contributed by atoms with E-state index >= 15 is 0 Å². The predicted molar refractivity (Wildman–Crippen MR) is 70.4 cm³/mol. The molecule has 0 unspecified atom stereocenters. The minimum absolute atomic E-state index is 0.153. The van der Waals surface area contributed by atoms with Crippen LogP contribution < -0.4 is 0 Å². The third-order valence-electron chi connectivity index (χ3n) is 2.90. The van der Waals surface area contributed by atoms with Gasteiger partial charge in [0.05, 0.1) is 6.54 Å². The number of rotatable bonds is 4. The molecule has 2 aromatic rings. The molecule has 0 fully saturated rings. The number of imidazole rings is 1. The monoisotopic (exact) mass is 269 g/mol. The summed E-state index contributed by atoms with van der Waals surface area (Å²) in [6.07, 6.45) is 1.50. The summed E-state index contributed by atoms with van der Waals surface area (Å²) in [5.41, 5.74) is 0.420. The van der Waals surface area contributed by atoms with E-state index in [-0.39, 0.29) is 11.4 Å². The highest BCUT2D eigenvalue weighted by molar-refractivity contribution is 5.38. The Balaban J connectivity index is 2.37. The first-order valence-corrected chi connectivity index (χ1v) is 6.30. The molecule has 0 radical (unpaired) electrons. The fourth-order valence-electron chi connectivity index (χ4n) is 2.00. The Bertz CT molecular complexity index is 693. The second-order valence-electron chi connectivity index (χ2n) is 4.92. The van der Waals surface area contributed by atoms with Crippen LogP contribution in [0.15, 0.2) is 6.33 Å². The molecule has 20 heavy (non-hydrogen) atoms. The van der Waals surface area contributed by atoms with Crippen molar-refractivity contribution in [2.24, 2.45) is 5.92 Å². The topological polar surface area (TPSA) is 96.1 Å². The molecule has 0 amide bonds. The summed E-state index contributed by atoms with van der Waals surface area (Å²) in [6.45, 7) is 7.11. The van der Waals surface area contributed by atoms with Crippen molar-refractivity contribution < 1.29 is 0 Å². The Labute approximate surface area is 117 Å². The van der Waals surface area contributed by atoms with E-state index in [1.807, 2.05) is 16.8 Å². The zero-order chi connectivity index (χ0) is 14.7. The zero-order valence-electron chi connectivity index (χ0n) is 11.7. The Kier molecular flexibility index (Phi) is 3.81. The Morgan fingerprint density at radius 3 is 2.65 bits per heavy atom. The lowest BCUT2D eigenvalue weighted by atomic mass is 10.2. The molecule has 2 rings (SSSR count). The maximum absolute atomic E-state index is 9.18. The fourth-order valence-corrected chi connectivity index (χ4v) is 2.00. The molecule has 0 atom stereocenters. The maximum Gasteiger partial charge on any atom is 0.177 e. The van der Waals surface area contributed by atoms with Gasteiger partial charge in [-0.1, -0.05) is 13.8 Å². The second-order valence-corrected chi connectivity index (χ2v) is 4.92. The van der Waals surface area contributed by atoms with E-state index < -0.39 is 0 Å². The molecule has 0 aliphatic carbocycles. The SMILES string of the molecule is Cc1nc(C#N)c(C#N)n1Cc1ncnn1CC(C)C. The van der Waals surface area contributed by atoms with Crippen molar-refractivity contribution in [1.82, 2.24) is 24.3 Å². The summed E-state index contributed by atoms with van der Waals surface area (Å²) in [7, 11) is 0. The van der Waals surface area contributed by atoms with Gasteiger partial charge in [-0.2, -0.15) is 15.6 Å². The van der Waals surface area contributed by atoms with E-state index in [1.54, 1.807) is 11.5 Å². The van der Waals surface area contributed by atoms with Crippen LogP contribution in [0, 0.1) is 35.5 Å². The van der Waals surface area contributed by atoms with Crippen LogP contribution in [-0.2, 0) is 13.1 Å². The number of aromatic nitrogens is 5. The smallest absolute Gasteiger partial charge is 0.177 e. The standard InChI is InChI=1S/C13H15N7/c1-9(2)6-20-13(16-8-17-20)7-19-10(3)18-11(4-14)12(19)5-15/h8-9H,6-7H2,1-3H3. The summed E-state index contributed by atoms with van der Waals surface area (Å²) in [6, 6.07) is 3.97. The van der Waals surface area contributed by atoms with Gasteiger partial charge in [-0.05, 0) is 12.8 Å². The van der Waals surface area contributed by atoms with Crippen molar-refractivity contribution in [3.05, 3.63) is 29.4 Å². The van der Waals surface area contributed by atoms with Gasteiger partial charge < -0.3 is 4.57 Å². The molecule has 2 aromatic heterocycles. The molecule has 102 valence electrons. The number of aryl methyl sites for hydroxylation is 1. The first-order chi connectivity index (χ1) is 9.56. The summed E-state index contributed by atoms with van der Waals surface area (Å²) < 4.78 is 3.51. The molecule has 0 spiro atoms. The molecule has 0 saturated carbocycles. The van der Waals surface area contributed by atoms with Crippen molar-refractivity contribution in [2.75, 3.05) is 0 Å². The lowest BCUT2D eigenvalue weighted by Gasteiger charge is -2.10. The highest BCUT2D eigenvalue weighted by Gasteiger charge is 2.16. The summed E-state index contributed by atoms with van der Waals surface area (Å²) in [5, 5.41) is 22.3. The molecular weight excluding hydrogens is 254 g/mol. The van der Waals surface area contributed by atoms with Crippen LogP contribution in [0.5, 0.6) is 0 Å². The van der Waals surface area contributed by atoms with E-state index in [1.165, 1.54) is 6.33 Å². The molecule has 2 heterocycles. The van der Waals surface area contributed by atoms with Gasteiger partial charge in [0.15, 0.2) is 11.4 Å². The largest absolute Gasteiger partial charge is 0.311 e. The summed E-state index contributed by atoms with van der Waals surface area (Å²) >= 11 is 0. The molecule has 0 aromatic carbocycles. The summed E-state index contributed by atoms with van der Waals surface area (Å²) in [4.78, 5) is 8.32. The molecule has 7 heteroatoms. The van der Waals surface area contributed by atoms with Gasteiger partial charge in [0.2, 0.25) is 0 Å². The van der Waals surface area contributed by atoms with E-state index in [0.29, 0.717) is 18.3 Å². The minimum atomic E-state index is 0.153. The Morgan fingerprint density at radius 2 is 2.05 bits per heavy atom. The molecule has 7 nitrogen and oxygen atoms in total. The van der Waals surface area contributed by atoms with Crippen molar-refractivity contribution >= 4 is 0 Å². The van der Waals surface area contributed by atoms with Gasteiger partial charge in [0.1, 0.15) is 30.1 Å². The van der Waals surface area contributed by atoms with Crippen LogP contribution in [0.3, 0.4) is 0 Å². The van der Waals surface area contributed by atoms with Crippen LogP contribution in [0.2, 0.25) is 0 Å². The maximum atomic E-state index is 9.18. The number of hydrogen-bond donors (Lipinski definition) is 0. The van der Waals surface area contributed by atoms with Crippen LogP contribution >= 0.6 is 0 Å². The molecule has 0 aliphatic heterocycles. The second kappa shape index (κ2) is 5.54. The van der Waals surface area contributed by atoms with Gasteiger partial charge in [-0.3, -0.25) is 0 Å². The minimum Gasteiger partial charge on any atom is -0.311 e. The van der Waals surface area contributed by atoms with Crippen molar-refractivity contribution in [2.45, 2.75) is 33.9 Å². The zero-order valence-corrected chi connectivity index (χ0v) is 11.7. The Morgan fingerprint density at radius 1 is 1.30 bits per heavy atom. The van der Waals surface area contributed by atoms with E-state index in [0.717, 1.165) is 12.4 Å². The van der Waals surface area contributed by atoms with Crippen molar-refractivity contribution in [1.29, 1.82) is 10.5 Å². The van der Waals surface area contributed by atoms with Gasteiger partial charge in [0.25, 0.3) is 0 Å². The third-order valence-corrected chi connectivity index (χ3v) is 2.90. The number of nitrogens with zero attached hydrogens (tertiary/aromatic N) is 7. The van der Waals surface area contributed by atoms with Crippen LogP contribution in [0.4, 0.5) is 0 Å². The lowest BCUT2D eigenvalue weighted by molar-refractivity contribution is 0.459. The van der Waals surface area contributed by atoms with Crippen LogP contribution in [0.1, 0.15) is 36.9 Å². The van der Waals surface area contributed by atoms with Crippen LogP contribution in [0.25, 0.3) is 0 Å². The lowest BCUT2D eigenvalue weighted by Crippen LogP contribution is -2.14. The van der Waals surface area contributed by atoms with E-state index in [4.69, 9.17) is 5.26 Å². The summed E-state index contributed by atoms with van der Waals surface area (Å²) in [5.74, 6) is 1.82. The van der Waals surface area contributed by atoms with Crippen molar-refractivity contribution in [3.63, 3.8) is 0 Å². The van der Waals surface area contributed by atoms with Gasteiger partial charge in [0, 0.05) is 6.54 Å².